The third-order valence-corrected chi connectivity index (χ3v) is 3.81. The summed E-state index contributed by atoms with van der Waals surface area (Å²) in [6.07, 6.45) is 1.27. The molecular weight excluding hydrogens is 268 g/mol. The molecule has 0 aliphatic heterocycles. The molecule has 0 aliphatic carbocycles. The minimum Gasteiger partial charge on any atom is -0.481 e. The van der Waals surface area contributed by atoms with E-state index in [4.69, 9.17) is 5.73 Å². The van der Waals surface area contributed by atoms with Gasteiger partial charge in [0.1, 0.15) is 0 Å². The summed E-state index contributed by atoms with van der Waals surface area (Å²) in [4.78, 5) is 23.1. The number of nitrogens with one attached hydrogen (secondary N) is 1. The Labute approximate surface area is 125 Å². The van der Waals surface area contributed by atoms with Crippen molar-refractivity contribution in [2.24, 2.45) is 11.7 Å². The predicted molar refractivity (Wildman–Crippen MR) is 83.2 cm³/mol. The zero-order valence-electron chi connectivity index (χ0n) is 12.8. The highest BCUT2D eigenvalue weighted by molar-refractivity contribution is 5.91. The summed E-state index contributed by atoms with van der Waals surface area (Å²) in [5, 5.41) is 12.0. The average Bonchev–Trinajstić information content (AvgIpc) is 2.45. The van der Waals surface area contributed by atoms with Crippen molar-refractivity contribution in [2.75, 3.05) is 11.9 Å². The Morgan fingerprint density at radius 2 is 1.86 bits per heavy atom. The number of carbonyl (C=O) groups is 2. The summed E-state index contributed by atoms with van der Waals surface area (Å²) in [6.45, 7) is 5.80. The molecule has 0 aromatic heterocycles. The van der Waals surface area contributed by atoms with E-state index in [2.05, 4.69) is 5.32 Å². The largest absolute Gasteiger partial charge is 0.481 e. The van der Waals surface area contributed by atoms with Crippen molar-refractivity contribution in [3.8, 4) is 0 Å². The highest BCUT2D eigenvalue weighted by Crippen LogP contribution is 2.25. The third-order valence-electron chi connectivity index (χ3n) is 3.81. The fourth-order valence-electron chi connectivity index (χ4n) is 1.96. The van der Waals surface area contributed by atoms with Gasteiger partial charge in [-0.05, 0) is 44.0 Å². The number of anilines is 1. The molecule has 21 heavy (non-hydrogen) atoms. The van der Waals surface area contributed by atoms with Crippen molar-refractivity contribution in [2.45, 2.75) is 39.0 Å². The van der Waals surface area contributed by atoms with Gasteiger partial charge in [-0.25, -0.2) is 0 Å². The molecule has 4 N–H and O–H groups in total. The van der Waals surface area contributed by atoms with Crippen LogP contribution in [0.3, 0.4) is 0 Å². The highest BCUT2D eigenvalue weighted by Gasteiger charge is 2.29. The molecule has 0 bridgehead atoms. The Kier molecular flexibility index (Phi) is 5.90. The van der Waals surface area contributed by atoms with Crippen LogP contribution in [-0.2, 0) is 15.0 Å². The number of nitrogens with two attached hydrogens (primary N) is 1. The van der Waals surface area contributed by atoms with Crippen LogP contribution in [0.15, 0.2) is 24.3 Å². The number of carboxylic acids is 1. The van der Waals surface area contributed by atoms with E-state index < -0.39 is 11.4 Å². The van der Waals surface area contributed by atoms with Crippen LogP contribution >= 0.6 is 0 Å². The van der Waals surface area contributed by atoms with Crippen LogP contribution in [0, 0.1) is 5.92 Å². The number of hydrogen-bond donors (Lipinski definition) is 3. The van der Waals surface area contributed by atoms with E-state index in [1.54, 1.807) is 38.1 Å². The van der Waals surface area contributed by atoms with Gasteiger partial charge < -0.3 is 16.2 Å². The molecule has 1 amide bonds. The highest BCUT2D eigenvalue weighted by atomic mass is 16.4. The van der Waals surface area contributed by atoms with E-state index in [1.807, 2.05) is 6.92 Å². The Hall–Kier alpha value is -1.88. The number of hydrogen-bond acceptors (Lipinski definition) is 3. The Morgan fingerprint density at radius 3 is 2.29 bits per heavy atom. The number of amides is 1. The summed E-state index contributed by atoms with van der Waals surface area (Å²) in [5.74, 6) is -0.763. The van der Waals surface area contributed by atoms with Gasteiger partial charge >= 0.3 is 5.97 Å². The molecule has 5 heteroatoms. The van der Waals surface area contributed by atoms with Crippen molar-refractivity contribution < 1.29 is 14.7 Å². The second kappa shape index (κ2) is 7.22. The first-order valence-electron chi connectivity index (χ1n) is 7.15. The van der Waals surface area contributed by atoms with E-state index in [0.717, 1.165) is 6.42 Å². The van der Waals surface area contributed by atoms with Gasteiger partial charge in [0.15, 0.2) is 0 Å². The van der Waals surface area contributed by atoms with E-state index >= 15 is 0 Å². The third kappa shape index (κ3) is 4.56. The van der Waals surface area contributed by atoms with Crippen molar-refractivity contribution >= 4 is 17.6 Å². The zero-order chi connectivity index (χ0) is 16.0. The van der Waals surface area contributed by atoms with E-state index in [1.165, 1.54) is 0 Å². The fourth-order valence-corrected chi connectivity index (χ4v) is 1.96. The van der Waals surface area contributed by atoms with Crippen LogP contribution in [0.2, 0.25) is 0 Å². The first-order valence-corrected chi connectivity index (χ1v) is 7.15. The van der Waals surface area contributed by atoms with Crippen LogP contribution in [0.1, 0.15) is 39.2 Å². The van der Waals surface area contributed by atoms with Crippen LogP contribution < -0.4 is 11.1 Å². The van der Waals surface area contributed by atoms with Crippen molar-refractivity contribution in [3.05, 3.63) is 29.8 Å². The number of aliphatic carboxylic acids is 1. The number of carboxylic acid groups (broad SMARTS) is 1. The van der Waals surface area contributed by atoms with Gasteiger partial charge in [0.2, 0.25) is 5.91 Å². The lowest BCUT2D eigenvalue weighted by atomic mass is 9.85. The lowest BCUT2D eigenvalue weighted by Crippen LogP contribution is -2.28. The molecule has 0 radical (unpaired) electrons. The zero-order valence-corrected chi connectivity index (χ0v) is 12.8. The smallest absolute Gasteiger partial charge is 0.313 e. The molecule has 0 fully saturated rings. The molecule has 1 atom stereocenters. The first kappa shape index (κ1) is 17.2. The van der Waals surface area contributed by atoms with Crippen LogP contribution in [0.5, 0.6) is 0 Å². The molecule has 0 aliphatic rings. The molecule has 0 spiro atoms. The second-order valence-corrected chi connectivity index (χ2v) is 5.77. The van der Waals surface area contributed by atoms with Crippen molar-refractivity contribution in [3.63, 3.8) is 0 Å². The summed E-state index contributed by atoms with van der Waals surface area (Å²) >= 11 is 0. The van der Waals surface area contributed by atoms with Crippen LogP contribution in [-0.4, -0.2) is 23.5 Å². The normalized spacial score (nSPS) is 12.8. The molecule has 1 aromatic rings. The summed E-state index contributed by atoms with van der Waals surface area (Å²) < 4.78 is 0. The number of benzene rings is 1. The maximum Gasteiger partial charge on any atom is 0.313 e. The summed E-state index contributed by atoms with van der Waals surface area (Å²) in [7, 11) is 0. The maximum absolute atomic E-state index is 11.9. The number of carbonyl (C=O) groups excluding carboxylic acids is 1. The Bertz CT molecular complexity index is 491. The molecule has 0 heterocycles. The van der Waals surface area contributed by atoms with E-state index in [-0.39, 0.29) is 11.8 Å². The van der Waals surface area contributed by atoms with Gasteiger partial charge in [0, 0.05) is 12.1 Å². The maximum atomic E-state index is 11.9. The first-order chi connectivity index (χ1) is 9.81. The molecule has 0 saturated heterocycles. The van der Waals surface area contributed by atoms with Crippen LogP contribution in [0.25, 0.3) is 0 Å². The van der Waals surface area contributed by atoms with E-state index in [0.29, 0.717) is 24.2 Å². The SMILES string of the molecule is CCC(CN)CC(=O)Nc1ccc(C(C)(C)C(=O)O)cc1. The van der Waals surface area contributed by atoms with Gasteiger partial charge in [0.25, 0.3) is 0 Å². The average molecular weight is 292 g/mol. The monoisotopic (exact) mass is 292 g/mol. The molecule has 116 valence electrons. The second-order valence-electron chi connectivity index (χ2n) is 5.77. The lowest BCUT2D eigenvalue weighted by molar-refractivity contribution is -0.142. The molecule has 0 saturated carbocycles. The lowest BCUT2D eigenvalue weighted by Gasteiger charge is -2.20. The summed E-state index contributed by atoms with van der Waals surface area (Å²) in [5.41, 5.74) is 6.00. The van der Waals surface area contributed by atoms with Crippen LogP contribution in [0.4, 0.5) is 5.69 Å². The van der Waals surface area contributed by atoms with Crippen molar-refractivity contribution in [1.29, 1.82) is 0 Å². The van der Waals surface area contributed by atoms with Gasteiger partial charge in [-0.2, -0.15) is 0 Å². The molecule has 1 rings (SSSR count). The van der Waals surface area contributed by atoms with Gasteiger partial charge in [0.05, 0.1) is 5.41 Å². The standard InChI is InChI=1S/C16H24N2O3/c1-4-11(10-17)9-14(19)18-13-7-5-12(6-8-13)16(2,3)15(20)21/h5-8,11H,4,9-10,17H2,1-3H3,(H,18,19)(H,20,21). The minimum atomic E-state index is -0.949. The number of rotatable bonds is 7. The minimum absolute atomic E-state index is 0.0717. The summed E-state index contributed by atoms with van der Waals surface area (Å²) in [6, 6.07) is 6.90. The van der Waals surface area contributed by atoms with Gasteiger partial charge in [-0.15, -0.1) is 0 Å². The predicted octanol–water partition coefficient (Wildman–Crippen LogP) is 2.36. The topological polar surface area (TPSA) is 92.4 Å². The van der Waals surface area contributed by atoms with Gasteiger partial charge in [-0.3, -0.25) is 9.59 Å². The quantitative estimate of drug-likeness (QED) is 0.719. The molecular formula is C16H24N2O3. The Balaban J connectivity index is 2.71. The van der Waals surface area contributed by atoms with E-state index in [9.17, 15) is 14.7 Å². The molecule has 1 aromatic carbocycles. The van der Waals surface area contributed by atoms with Gasteiger partial charge in [-0.1, -0.05) is 25.5 Å². The fraction of sp³-hybridized carbons (Fsp3) is 0.500. The Morgan fingerprint density at radius 1 is 1.29 bits per heavy atom. The molecule has 1 unspecified atom stereocenters. The molecule has 5 nitrogen and oxygen atoms in total. The van der Waals surface area contributed by atoms with Crippen molar-refractivity contribution in [1.82, 2.24) is 0 Å².